The first-order valence-corrected chi connectivity index (χ1v) is 9.15. The van der Waals surface area contributed by atoms with Crippen molar-refractivity contribution in [2.45, 2.75) is 20.8 Å². The smallest absolute Gasteiger partial charge is 0.283 e. The van der Waals surface area contributed by atoms with Gasteiger partial charge in [-0.25, -0.2) is 5.43 Å². The molecule has 0 atom stereocenters. The fourth-order valence-corrected chi connectivity index (χ4v) is 4.38. The zero-order chi connectivity index (χ0) is 17.4. The molecule has 0 aliphatic rings. The van der Waals surface area contributed by atoms with Crippen LogP contribution in [0.3, 0.4) is 0 Å². The van der Waals surface area contributed by atoms with E-state index in [-0.39, 0.29) is 5.91 Å². The third-order valence-corrected chi connectivity index (χ3v) is 5.70. The molecule has 24 heavy (non-hydrogen) atoms. The van der Waals surface area contributed by atoms with Crippen LogP contribution >= 0.6 is 38.9 Å². The first kappa shape index (κ1) is 17.2. The summed E-state index contributed by atoms with van der Waals surface area (Å²) in [5, 5.41) is 5.48. The summed E-state index contributed by atoms with van der Waals surface area (Å²) in [6.07, 6.45) is 0. The molecule has 0 radical (unpaired) electrons. The van der Waals surface area contributed by atoms with E-state index in [4.69, 9.17) is 16.0 Å². The van der Waals surface area contributed by atoms with Gasteiger partial charge in [-0.3, -0.25) is 4.79 Å². The van der Waals surface area contributed by atoms with Crippen molar-refractivity contribution >= 4 is 60.6 Å². The summed E-state index contributed by atoms with van der Waals surface area (Å²) < 4.78 is 7.37. The van der Waals surface area contributed by atoms with Crippen molar-refractivity contribution in [2.24, 2.45) is 5.10 Å². The molecule has 2 aromatic heterocycles. The number of hydrogen-bond donors (Lipinski definition) is 1. The molecular weight excluding hydrogens is 412 g/mol. The number of carbonyl (C=O) groups excluding carboxylic acids is 1. The summed E-state index contributed by atoms with van der Waals surface area (Å²) in [7, 11) is 0. The van der Waals surface area contributed by atoms with Gasteiger partial charge in [-0.15, -0.1) is 11.3 Å². The number of aryl methyl sites for hydroxylation is 2. The van der Waals surface area contributed by atoms with Crippen molar-refractivity contribution in [3.05, 3.63) is 55.7 Å². The maximum atomic E-state index is 12.4. The monoisotopic (exact) mass is 424 g/mol. The van der Waals surface area contributed by atoms with E-state index in [0.29, 0.717) is 15.6 Å². The van der Waals surface area contributed by atoms with E-state index in [2.05, 4.69) is 26.5 Å². The molecule has 0 saturated carbocycles. The second-order valence-electron chi connectivity index (χ2n) is 5.35. The van der Waals surface area contributed by atoms with Crippen LogP contribution in [0.2, 0.25) is 5.02 Å². The number of nitrogens with one attached hydrogen (secondary N) is 1. The summed E-state index contributed by atoms with van der Waals surface area (Å²) >= 11 is 11.1. The Morgan fingerprint density at radius 2 is 2.08 bits per heavy atom. The highest BCUT2D eigenvalue weighted by Crippen LogP contribution is 2.36. The van der Waals surface area contributed by atoms with Crippen molar-refractivity contribution in [1.29, 1.82) is 0 Å². The number of hydrazone groups is 1. The second-order valence-corrected chi connectivity index (χ2v) is 7.70. The molecule has 124 valence electrons. The van der Waals surface area contributed by atoms with E-state index in [1.165, 1.54) is 11.3 Å². The third kappa shape index (κ3) is 3.27. The second kappa shape index (κ2) is 6.70. The van der Waals surface area contributed by atoms with Crippen molar-refractivity contribution in [1.82, 2.24) is 5.43 Å². The predicted octanol–water partition coefficient (Wildman–Crippen LogP) is 5.68. The molecule has 0 fully saturated rings. The van der Waals surface area contributed by atoms with Crippen LogP contribution in [0.15, 0.2) is 38.3 Å². The third-order valence-electron chi connectivity index (χ3n) is 3.55. The van der Waals surface area contributed by atoms with Crippen molar-refractivity contribution < 1.29 is 9.21 Å². The Labute approximate surface area is 156 Å². The number of rotatable bonds is 3. The Morgan fingerprint density at radius 3 is 2.75 bits per heavy atom. The summed E-state index contributed by atoms with van der Waals surface area (Å²) in [6, 6.07) is 7.62. The zero-order valence-corrected chi connectivity index (χ0v) is 16.4. The Bertz CT molecular complexity index is 975. The van der Waals surface area contributed by atoms with Crippen LogP contribution in [-0.4, -0.2) is 11.6 Å². The number of hydrogen-bond acceptors (Lipinski definition) is 4. The number of carbonyl (C=O) groups is 1. The van der Waals surface area contributed by atoms with Crippen LogP contribution in [0.5, 0.6) is 0 Å². The molecule has 4 nitrogen and oxygen atoms in total. The molecule has 0 aliphatic heterocycles. The predicted molar refractivity (Wildman–Crippen MR) is 102 cm³/mol. The molecule has 0 spiro atoms. The Balaban J connectivity index is 1.86. The largest absolute Gasteiger partial charge is 0.466 e. The van der Waals surface area contributed by atoms with Gasteiger partial charge in [0.2, 0.25) is 0 Å². The van der Waals surface area contributed by atoms with Crippen LogP contribution < -0.4 is 5.43 Å². The standard InChI is InChI=1S/C17H14BrClN2O2S/c1-8-6-13(10(3)23-8)9(2)20-21-17(22)16-15(19)12-5-4-11(18)7-14(12)24-16/h4-7H,1-3H3,(H,21,22). The van der Waals surface area contributed by atoms with E-state index in [9.17, 15) is 4.79 Å². The van der Waals surface area contributed by atoms with Gasteiger partial charge in [0, 0.05) is 20.1 Å². The average Bonchev–Trinajstić information content (AvgIpc) is 3.04. The van der Waals surface area contributed by atoms with Crippen LogP contribution in [-0.2, 0) is 0 Å². The van der Waals surface area contributed by atoms with E-state index < -0.39 is 0 Å². The highest BCUT2D eigenvalue weighted by atomic mass is 79.9. The molecule has 0 unspecified atom stereocenters. The minimum Gasteiger partial charge on any atom is -0.466 e. The van der Waals surface area contributed by atoms with Crippen molar-refractivity contribution in [3.63, 3.8) is 0 Å². The fourth-order valence-electron chi connectivity index (χ4n) is 2.42. The summed E-state index contributed by atoms with van der Waals surface area (Å²) in [4.78, 5) is 12.9. The van der Waals surface area contributed by atoms with Crippen LogP contribution in [0.25, 0.3) is 10.1 Å². The van der Waals surface area contributed by atoms with Crippen molar-refractivity contribution in [2.75, 3.05) is 0 Å². The Morgan fingerprint density at radius 1 is 1.33 bits per heavy atom. The van der Waals surface area contributed by atoms with Crippen molar-refractivity contribution in [3.8, 4) is 0 Å². The number of thiophene rings is 1. The molecule has 1 aromatic carbocycles. The van der Waals surface area contributed by atoms with Gasteiger partial charge in [0.15, 0.2) is 0 Å². The maximum absolute atomic E-state index is 12.4. The highest BCUT2D eigenvalue weighted by molar-refractivity contribution is 9.10. The molecule has 3 rings (SSSR count). The highest BCUT2D eigenvalue weighted by Gasteiger charge is 2.17. The first-order chi connectivity index (χ1) is 11.4. The fraction of sp³-hybridized carbons (Fsp3) is 0.176. The van der Waals surface area contributed by atoms with Gasteiger partial charge in [0.25, 0.3) is 5.91 Å². The van der Waals surface area contributed by atoms with Gasteiger partial charge in [-0.1, -0.05) is 33.6 Å². The molecule has 2 heterocycles. The minimum absolute atomic E-state index is 0.324. The number of benzene rings is 1. The SMILES string of the molecule is CC(=NNC(=O)c1sc2cc(Br)ccc2c1Cl)c1cc(C)oc1C. The Hall–Kier alpha value is -1.63. The lowest BCUT2D eigenvalue weighted by molar-refractivity contribution is 0.0959. The molecule has 0 bridgehead atoms. The molecule has 3 aromatic rings. The number of halogens is 2. The lowest BCUT2D eigenvalue weighted by Gasteiger charge is -2.01. The average molecular weight is 426 g/mol. The quantitative estimate of drug-likeness (QED) is 0.433. The molecule has 1 amide bonds. The minimum atomic E-state index is -0.324. The molecule has 7 heteroatoms. The van der Waals surface area contributed by atoms with E-state index in [1.807, 2.05) is 45.0 Å². The van der Waals surface area contributed by atoms with Gasteiger partial charge >= 0.3 is 0 Å². The Kier molecular flexibility index (Phi) is 4.80. The van der Waals surface area contributed by atoms with E-state index in [0.717, 1.165) is 31.6 Å². The van der Waals surface area contributed by atoms with Gasteiger partial charge in [0.1, 0.15) is 16.4 Å². The zero-order valence-electron chi connectivity index (χ0n) is 13.2. The van der Waals surface area contributed by atoms with Gasteiger partial charge in [0.05, 0.1) is 10.7 Å². The van der Waals surface area contributed by atoms with E-state index >= 15 is 0 Å². The lowest BCUT2D eigenvalue weighted by Crippen LogP contribution is -2.18. The molecule has 0 aliphatic carbocycles. The molecule has 0 saturated heterocycles. The molecule has 1 N–H and O–H groups in total. The summed E-state index contributed by atoms with van der Waals surface area (Å²) in [5.41, 5.74) is 4.12. The topological polar surface area (TPSA) is 54.6 Å². The van der Waals surface area contributed by atoms with Gasteiger partial charge in [-0.05, 0) is 39.0 Å². The maximum Gasteiger partial charge on any atom is 0.283 e. The van der Waals surface area contributed by atoms with Crippen LogP contribution in [0.4, 0.5) is 0 Å². The number of furan rings is 1. The first-order valence-electron chi connectivity index (χ1n) is 7.16. The van der Waals surface area contributed by atoms with E-state index in [1.54, 1.807) is 0 Å². The summed E-state index contributed by atoms with van der Waals surface area (Å²) in [5.74, 6) is 1.25. The lowest BCUT2D eigenvalue weighted by atomic mass is 10.2. The molecular formula is C17H14BrClN2O2S. The van der Waals surface area contributed by atoms with Gasteiger partial charge < -0.3 is 4.42 Å². The number of nitrogens with zero attached hydrogens (tertiary/aromatic N) is 1. The van der Waals surface area contributed by atoms with Crippen LogP contribution in [0, 0.1) is 13.8 Å². The summed E-state index contributed by atoms with van der Waals surface area (Å²) in [6.45, 7) is 5.56. The van der Waals surface area contributed by atoms with Crippen LogP contribution in [0.1, 0.15) is 33.7 Å². The number of fused-ring (bicyclic) bond motifs is 1. The normalized spacial score (nSPS) is 12.0. The van der Waals surface area contributed by atoms with Gasteiger partial charge in [-0.2, -0.15) is 5.10 Å². The number of amides is 1.